The zero-order valence-electron chi connectivity index (χ0n) is 60.9. The van der Waals surface area contributed by atoms with Crippen LogP contribution in [0.5, 0.6) is 0 Å². The van der Waals surface area contributed by atoms with E-state index >= 15 is 0 Å². The quantitative estimate of drug-likeness (QED) is 0.0489. The summed E-state index contributed by atoms with van der Waals surface area (Å²) in [7, 11) is 0. The van der Waals surface area contributed by atoms with Crippen molar-refractivity contribution in [2.75, 3.05) is 6.61 Å². The van der Waals surface area contributed by atoms with Gasteiger partial charge in [0.25, 0.3) is 0 Å². The van der Waals surface area contributed by atoms with Gasteiger partial charge in [0, 0.05) is 84.2 Å². The minimum absolute atomic E-state index is 0.0785. The Balaban J connectivity index is 0.522. The van der Waals surface area contributed by atoms with E-state index in [1.807, 2.05) is 0 Å². The number of hydrogen-bond acceptors (Lipinski definition) is 13. The highest BCUT2D eigenvalue weighted by Gasteiger charge is 2.59. The standard InChI is InChI=1S/C82H140N10O4/c1-4-54-11-5-8-14-71(54)91-96-49-57-47-55-27-45-68-66-12-6-9-15-72(66)85-76(68)74(55)78(80(57)93)89-87-61-35-31-58(32-36-61)83-59-33-37-62(38-34-59)88-90-79-75-56(28-46-69-67-13-7-10-16-73(67)86-77(69)75)48-70(81(79)94)82(95)84-60-29-23-52(24-30-60)21-22-53-25-43-65(44-26-53)92(63-39-17-50(2)18-40-63)64-41-19-51(3)20-42-64/h50-81,83,85-86,91,93-94H,4-49H2,1-3H3,(H,84,95). The molecule has 2 heterocycles. The molecule has 15 aliphatic rings. The van der Waals surface area contributed by atoms with Gasteiger partial charge in [-0.15, -0.1) is 0 Å². The lowest BCUT2D eigenvalue weighted by molar-refractivity contribution is -0.136. The maximum Gasteiger partial charge on any atom is 0.226 e. The van der Waals surface area contributed by atoms with Crippen LogP contribution in [0.1, 0.15) is 310 Å². The number of nitrogens with zero attached hydrogens (tertiary/aromatic N) is 5. The number of carbonyl (C=O) groups excluding carboxylic acids is 1. The molecule has 13 saturated carbocycles. The third kappa shape index (κ3) is 15.9. The number of azo groups is 2. The summed E-state index contributed by atoms with van der Waals surface area (Å²) in [5.41, 5.74) is 3.53. The molecule has 96 heavy (non-hydrogen) atoms. The van der Waals surface area contributed by atoms with Crippen molar-refractivity contribution in [1.82, 2.24) is 31.6 Å². The monoisotopic (exact) mass is 1330 g/mol. The fraction of sp³-hybridized carbons (Fsp3) is 0.988. The average molecular weight is 1330 g/mol. The van der Waals surface area contributed by atoms with E-state index in [1.54, 1.807) is 0 Å². The lowest BCUT2D eigenvalue weighted by atomic mass is 9.58. The number of hydrogen-bond donors (Lipinski definition) is 7. The van der Waals surface area contributed by atoms with Crippen molar-refractivity contribution in [3.05, 3.63) is 0 Å². The van der Waals surface area contributed by atoms with E-state index in [9.17, 15) is 15.0 Å². The van der Waals surface area contributed by atoms with Gasteiger partial charge in [-0.25, -0.2) is 0 Å². The molecular weight excluding hydrogens is 1190 g/mol. The van der Waals surface area contributed by atoms with Crippen molar-refractivity contribution >= 4 is 5.91 Å². The summed E-state index contributed by atoms with van der Waals surface area (Å²) in [5.74, 6) is 8.43. The van der Waals surface area contributed by atoms with Crippen LogP contribution in [0.15, 0.2) is 20.5 Å². The predicted molar refractivity (Wildman–Crippen MR) is 384 cm³/mol. The first-order valence-electron chi connectivity index (χ1n) is 42.9. The molecule has 2 aliphatic heterocycles. The summed E-state index contributed by atoms with van der Waals surface area (Å²) >= 11 is 0. The van der Waals surface area contributed by atoms with Crippen LogP contribution in [0.25, 0.3) is 0 Å². The number of fused-ring (bicyclic) bond motifs is 10. The van der Waals surface area contributed by atoms with Gasteiger partial charge in [0.15, 0.2) is 0 Å². The summed E-state index contributed by atoms with van der Waals surface area (Å²) in [6.07, 6.45) is 55.7. The van der Waals surface area contributed by atoms with Crippen molar-refractivity contribution in [3.8, 4) is 0 Å². The Morgan fingerprint density at radius 2 is 0.938 bits per heavy atom. The topological polar surface area (TPSA) is 180 Å². The highest BCUT2D eigenvalue weighted by Crippen LogP contribution is 2.56. The molecule has 0 aromatic carbocycles. The number of aliphatic hydroxyl groups excluding tert-OH is 2. The lowest BCUT2D eigenvalue weighted by Crippen LogP contribution is -2.59. The van der Waals surface area contributed by atoms with E-state index in [0.29, 0.717) is 84.4 Å². The molecule has 20 atom stereocenters. The molecule has 1 amide bonds. The molecular formula is C82H140N10O4. The molecule has 542 valence electrons. The molecule has 0 aromatic rings. The van der Waals surface area contributed by atoms with Crippen LogP contribution in [0.3, 0.4) is 0 Å². The fourth-order valence-corrected chi connectivity index (χ4v) is 26.2. The van der Waals surface area contributed by atoms with E-state index in [0.717, 1.165) is 137 Å². The number of carbonyl (C=O) groups is 1. The van der Waals surface area contributed by atoms with Gasteiger partial charge in [0.1, 0.15) is 12.1 Å². The van der Waals surface area contributed by atoms with Gasteiger partial charge in [-0.05, 0) is 296 Å². The molecule has 0 spiro atoms. The molecule has 14 nitrogen and oxygen atoms in total. The van der Waals surface area contributed by atoms with Crippen LogP contribution in [-0.2, 0) is 9.63 Å². The summed E-state index contributed by atoms with van der Waals surface area (Å²) in [6.45, 7) is 7.86. The summed E-state index contributed by atoms with van der Waals surface area (Å²) < 4.78 is 0. The Bertz CT molecular complexity index is 2450. The van der Waals surface area contributed by atoms with Gasteiger partial charge in [-0.2, -0.15) is 25.9 Å². The van der Waals surface area contributed by atoms with Crippen molar-refractivity contribution in [2.24, 2.45) is 109 Å². The largest absolute Gasteiger partial charge is 0.390 e. The summed E-state index contributed by atoms with van der Waals surface area (Å²) in [6, 6.07) is 6.10. The zero-order valence-corrected chi connectivity index (χ0v) is 60.9. The van der Waals surface area contributed by atoms with Crippen molar-refractivity contribution in [2.45, 2.75) is 413 Å². The van der Waals surface area contributed by atoms with Crippen molar-refractivity contribution in [3.63, 3.8) is 0 Å². The van der Waals surface area contributed by atoms with Gasteiger partial charge < -0.3 is 36.3 Å². The maximum atomic E-state index is 14.7. The Hall–Kier alpha value is -1.65. The minimum atomic E-state index is -0.793. The molecule has 15 fully saturated rings. The highest BCUT2D eigenvalue weighted by molar-refractivity contribution is 5.80. The average Bonchev–Trinajstić information content (AvgIpc) is 1.69. The molecule has 7 N–H and O–H groups in total. The first kappa shape index (κ1) is 70.0. The molecule has 14 heteroatoms. The van der Waals surface area contributed by atoms with Gasteiger partial charge in [0.05, 0.1) is 36.8 Å². The van der Waals surface area contributed by atoms with E-state index in [1.165, 1.54) is 205 Å². The Labute approximate surface area is 582 Å². The second kappa shape index (κ2) is 32.6. The van der Waals surface area contributed by atoms with E-state index in [4.69, 9.17) is 25.3 Å². The molecule has 0 bridgehead atoms. The predicted octanol–water partition coefficient (Wildman–Crippen LogP) is 15.9. The number of aliphatic hydroxyl groups is 2. The first-order valence-corrected chi connectivity index (χ1v) is 42.9. The summed E-state index contributed by atoms with van der Waals surface area (Å²) in [4.78, 5) is 24.3. The van der Waals surface area contributed by atoms with E-state index < -0.39 is 18.1 Å². The molecule has 13 aliphatic carbocycles. The minimum Gasteiger partial charge on any atom is -0.390 e. The number of nitrogens with one attached hydrogen (secondary N) is 5. The second-order valence-corrected chi connectivity index (χ2v) is 37.3. The highest BCUT2D eigenvalue weighted by atomic mass is 16.6. The van der Waals surface area contributed by atoms with E-state index in [-0.39, 0.29) is 48.0 Å². The van der Waals surface area contributed by atoms with Gasteiger partial charge in [0.2, 0.25) is 5.91 Å². The van der Waals surface area contributed by atoms with Gasteiger partial charge in [-0.1, -0.05) is 78.6 Å². The fourth-order valence-electron chi connectivity index (χ4n) is 26.2. The molecule has 0 radical (unpaired) electrons. The van der Waals surface area contributed by atoms with Crippen molar-refractivity contribution in [1.29, 1.82) is 0 Å². The second-order valence-electron chi connectivity index (χ2n) is 37.3. The number of rotatable bonds is 19. The Kier molecular flexibility index (Phi) is 23.8. The maximum absolute atomic E-state index is 14.7. The van der Waals surface area contributed by atoms with Crippen LogP contribution in [0, 0.1) is 88.8 Å². The van der Waals surface area contributed by atoms with Crippen molar-refractivity contribution < 1.29 is 19.8 Å². The lowest BCUT2D eigenvalue weighted by Gasteiger charge is -2.50. The third-order valence-electron chi connectivity index (χ3n) is 31.8. The van der Waals surface area contributed by atoms with Gasteiger partial charge >= 0.3 is 0 Å². The Morgan fingerprint density at radius 1 is 0.469 bits per heavy atom. The number of amides is 1. The van der Waals surface area contributed by atoms with Crippen LogP contribution in [0.4, 0.5) is 0 Å². The molecule has 0 aromatic heterocycles. The number of hydroxylamine groups is 1. The normalized spacial score (nSPS) is 49.3. The molecule has 15 rings (SSSR count). The van der Waals surface area contributed by atoms with Gasteiger partial charge in [-0.3, -0.25) is 9.69 Å². The first-order chi connectivity index (χ1) is 47.0. The van der Waals surface area contributed by atoms with E-state index in [2.05, 4.69) is 52.4 Å². The van der Waals surface area contributed by atoms with Crippen LogP contribution in [-0.4, -0.2) is 130 Å². The Morgan fingerprint density at radius 3 is 1.48 bits per heavy atom. The van der Waals surface area contributed by atoms with Crippen LogP contribution >= 0.6 is 0 Å². The summed E-state index contributed by atoms with van der Waals surface area (Å²) in [5, 5.41) is 62.5. The SMILES string of the molecule is CCC1CCCCC1NOCC1CC2CCC3C4CCCCC4NC3C2C(N=NC2CCC(NC3CCC(N=NC4C(O)C(C(=O)NC5CCC(CCC6CCC(N(C7CCC(C)CC7)C7CCC(C)CC7)CC6)CC5)CC5CCC6C7CCCCC7NC6C54)CC3)CC2)C1O. The molecule has 20 unspecified atom stereocenters. The smallest absolute Gasteiger partial charge is 0.226 e. The zero-order chi connectivity index (χ0) is 65.2. The van der Waals surface area contributed by atoms with Crippen LogP contribution < -0.4 is 26.7 Å². The third-order valence-corrected chi connectivity index (χ3v) is 31.8. The van der Waals surface area contributed by atoms with Crippen LogP contribution in [0.2, 0.25) is 0 Å². The molecule has 2 saturated heterocycles.